The number of carboxylic acids is 1. The Morgan fingerprint density at radius 2 is 2.26 bits per heavy atom. The molecule has 1 aliphatic heterocycles. The number of hydrogen-bond donors (Lipinski definition) is 1. The van der Waals surface area contributed by atoms with Crippen LogP contribution in [0.4, 0.5) is 0 Å². The summed E-state index contributed by atoms with van der Waals surface area (Å²) >= 11 is 7.56. The quantitative estimate of drug-likeness (QED) is 0.886. The van der Waals surface area contributed by atoms with Gasteiger partial charge in [0, 0.05) is 23.2 Å². The van der Waals surface area contributed by atoms with Gasteiger partial charge in [-0.25, -0.2) is 0 Å². The number of nitrogens with zero attached hydrogens (tertiary/aromatic N) is 1. The minimum atomic E-state index is -0.873. The highest BCUT2D eigenvalue weighted by molar-refractivity contribution is 7.08. The minimum Gasteiger partial charge on any atom is -0.481 e. The molecular weight excluding hydrogens is 286 g/mol. The highest BCUT2D eigenvalue weighted by atomic mass is 35.5. The number of rotatable bonds is 3. The zero-order valence-corrected chi connectivity index (χ0v) is 11.4. The molecule has 0 aromatic carbocycles. The molecule has 98 valence electrons. The highest BCUT2D eigenvalue weighted by Gasteiger charge is 2.33. The van der Waals surface area contributed by atoms with Gasteiger partial charge in [-0.1, -0.05) is 11.6 Å². The van der Waals surface area contributed by atoms with Crippen molar-refractivity contribution >= 4 is 34.7 Å². The molecule has 2 aromatic rings. The zero-order valence-electron chi connectivity index (χ0n) is 9.80. The van der Waals surface area contributed by atoms with Gasteiger partial charge in [-0.2, -0.15) is 11.3 Å². The number of fused-ring (bicyclic) bond motifs is 1. The lowest BCUT2D eigenvalue weighted by Gasteiger charge is -2.04. The van der Waals surface area contributed by atoms with Crippen molar-refractivity contribution in [3.05, 3.63) is 44.9 Å². The minimum absolute atomic E-state index is 0.150. The van der Waals surface area contributed by atoms with E-state index in [0.717, 1.165) is 0 Å². The van der Waals surface area contributed by atoms with Crippen LogP contribution in [0.5, 0.6) is 0 Å². The summed E-state index contributed by atoms with van der Waals surface area (Å²) in [5.74, 6) is -1.59. The van der Waals surface area contributed by atoms with E-state index in [1.54, 1.807) is 22.1 Å². The van der Waals surface area contributed by atoms with Crippen LogP contribution in [-0.2, 0) is 11.3 Å². The van der Waals surface area contributed by atoms with Crippen LogP contribution in [-0.4, -0.2) is 21.4 Å². The predicted molar refractivity (Wildman–Crippen MR) is 72.2 cm³/mol. The van der Waals surface area contributed by atoms with Crippen LogP contribution in [0.1, 0.15) is 34.1 Å². The van der Waals surface area contributed by atoms with Crippen LogP contribution in [0.2, 0.25) is 5.02 Å². The first-order valence-corrected chi connectivity index (χ1v) is 7.10. The number of carbonyl (C=O) groups excluding carboxylic acids is 1. The second-order valence-corrected chi connectivity index (χ2v) is 5.63. The molecule has 0 saturated heterocycles. The van der Waals surface area contributed by atoms with E-state index in [1.807, 2.05) is 5.38 Å². The van der Waals surface area contributed by atoms with Gasteiger partial charge in [0.2, 0.25) is 5.78 Å². The van der Waals surface area contributed by atoms with Crippen LogP contribution in [0, 0.1) is 0 Å². The van der Waals surface area contributed by atoms with Gasteiger partial charge >= 0.3 is 5.97 Å². The van der Waals surface area contributed by atoms with E-state index in [4.69, 9.17) is 16.7 Å². The molecule has 0 amide bonds. The largest absolute Gasteiger partial charge is 0.481 e. The number of carbonyl (C=O) groups is 2. The number of halogens is 1. The lowest BCUT2D eigenvalue weighted by Crippen LogP contribution is -2.09. The van der Waals surface area contributed by atoms with E-state index < -0.39 is 11.9 Å². The van der Waals surface area contributed by atoms with Crippen LogP contribution in [0.25, 0.3) is 0 Å². The van der Waals surface area contributed by atoms with Gasteiger partial charge in [0.1, 0.15) is 5.69 Å². The van der Waals surface area contributed by atoms with Gasteiger partial charge in [0.15, 0.2) is 0 Å². The van der Waals surface area contributed by atoms with Crippen LogP contribution in [0.15, 0.2) is 22.9 Å². The first kappa shape index (κ1) is 12.4. The summed E-state index contributed by atoms with van der Waals surface area (Å²) in [6.07, 6.45) is 0.506. The Labute approximate surface area is 118 Å². The molecule has 0 spiro atoms. The predicted octanol–water partition coefficient (Wildman–Crippen LogP) is 3.01. The van der Waals surface area contributed by atoms with Gasteiger partial charge in [-0.05, 0) is 23.9 Å². The second-order valence-electron chi connectivity index (χ2n) is 4.44. The summed E-state index contributed by atoms with van der Waals surface area (Å²) in [4.78, 5) is 23.5. The maximum absolute atomic E-state index is 12.4. The molecule has 3 heterocycles. The lowest BCUT2D eigenvalue weighted by atomic mass is 10.1. The Morgan fingerprint density at radius 1 is 1.47 bits per heavy atom. The average Bonchev–Trinajstić information content (AvgIpc) is 3.01. The Balaban J connectivity index is 2.07. The Kier molecular flexibility index (Phi) is 2.95. The van der Waals surface area contributed by atoms with E-state index >= 15 is 0 Å². The molecule has 1 N–H and O–H groups in total. The molecule has 19 heavy (non-hydrogen) atoms. The second kappa shape index (κ2) is 4.51. The molecule has 0 aliphatic carbocycles. The van der Waals surface area contributed by atoms with Crippen molar-refractivity contribution in [3.63, 3.8) is 0 Å². The number of hydrogen-bond acceptors (Lipinski definition) is 3. The van der Waals surface area contributed by atoms with Crippen molar-refractivity contribution in [3.8, 4) is 0 Å². The Hall–Kier alpha value is -1.59. The van der Waals surface area contributed by atoms with E-state index in [2.05, 4.69) is 0 Å². The standard InChI is InChI=1S/C13H10ClNO3S/c14-9-5-10-8(13(17)18)1-3-15(10)11(9)12(16)7-2-4-19-6-7/h2,4-6,8H,1,3H2,(H,17,18). The summed E-state index contributed by atoms with van der Waals surface area (Å²) in [6.45, 7) is 0.518. The number of carboxylic acid groups (broad SMARTS) is 1. The van der Waals surface area contributed by atoms with Gasteiger partial charge in [0.25, 0.3) is 0 Å². The fourth-order valence-corrected chi connectivity index (χ4v) is 3.42. The maximum Gasteiger partial charge on any atom is 0.312 e. The van der Waals surface area contributed by atoms with Crippen LogP contribution >= 0.6 is 22.9 Å². The number of aromatic nitrogens is 1. The first-order chi connectivity index (χ1) is 9.09. The molecular formula is C13H10ClNO3S. The van der Waals surface area contributed by atoms with Crippen molar-refractivity contribution in [2.75, 3.05) is 0 Å². The van der Waals surface area contributed by atoms with Crippen molar-refractivity contribution in [1.82, 2.24) is 4.57 Å². The number of ketones is 1. The Morgan fingerprint density at radius 3 is 2.89 bits per heavy atom. The third-order valence-electron chi connectivity index (χ3n) is 3.38. The van der Waals surface area contributed by atoms with Gasteiger partial charge in [-0.3, -0.25) is 9.59 Å². The normalized spacial score (nSPS) is 17.4. The van der Waals surface area contributed by atoms with E-state index in [-0.39, 0.29) is 5.78 Å². The van der Waals surface area contributed by atoms with E-state index in [9.17, 15) is 9.59 Å². The van der Waals surface area contributed by atoms with Gasteiger partial charge < -0.3 is 9.67 Å². The van der Waals surface area contributed by atoms with E-state index in [0.29, 0.717) is 34.9 Å². The van der Waals surface area contributed by atoms with Crippen molar-refractivity contribution in [2.24, 2.45) is 0 Å². The highest BCUT2D eigenvalue weighted by Crippen LogP contribution is 2.36. The maximum atomic E-state index is 12.4. The molecule has 6 heteroatoms. The molecule has 1 unspecified atom stereocenters. The third kappa shape index (κ3) is 1.89. The summed E-state index contributed by atoms with van der Waals surface area (Å²) in [5, 5.41) is 13.1. The molecule has 0 saturated carbocycles. The van der Waals surface area contributed by atoms with Gasteiger partial charge in [0.05, 0.1) is 10.9 Å². The Bertz CT molecular complexity index is 660. The average molecular weight is 296 g/mol. The van der Waals surface area contributed by atoms with Crippen LogP contribution in [0.3, 0.4) is 0 Å². The molecule has 3 rings (SSSR count). The number of thiophene rings is 1. The fraction of sp³-hybridized carbons (Fsp3) is 0.231. The van der Waals surface area contributed by atoms with Crippen molar-refractivity contribution in [1.29, 1.82) is 0 Å². The molecule has 0 radical (unpaired) electrons. The summed E-state index contributed by atoms with van der Waals surface area (Å²) in [7, 11) is 0. The van der Waals surface area contributed by atoms with Crippen molar-refractivity contribution < 1.29 is 14.7 Å². The topological polar surface area (TPSA) is 59.3 Å². The monoisotopic (exact) mass is 295 g/mol. The molecule has 1 atom stereocenters. The first-order valence-electron chi connectivity index (χ1n) is 5.78. The summed E-state index contributed by atoms with van der Waals surface area (Å²) < 4.78 is 1.74. The van der Waals surface area contributed by atoms with Gasteiger partial charge in [-0.15, -0.1) is 0 Å². The SMILES string of the molecule is O=C(c1ccsc1)c1c(Cl)cc2n1CCC2C(=O)O. The smallest absolute Gasteiger partial charge is 0.312 e. The molecule has 0 bridgehead atoms. The van der Waals surface area contributed by atoms with Crippen LogP contribution < -0.4 is 0 Å². The lowest BCUT2D eigenvalue weighted by molar-refractivity contribution is -0.138. The fourth-order valence-electron chi connectivity index (χ4n) is 2.48. The molecule has 4 nitrogen and oxygen atoms in total. The molecule has 2 aromatic heterocycles. The number of aliphatic carboxylic acids is 1. The van der Waals surface area contributed by atoms with Crippen molar-refractivity contribution in [2.45, 2.75) is 18.9 Å². The molecule has 1 aliphatic rings. The third-order valence-corrected chi connectivity index (χ3v) is 4.35. The summed E-state index contributed by atoms with van der Waals surface area (Å²) in [5.41, 5.74) is 1.61. The molecule has 0 fully saturated rings. The summed E-state index contributed by atoms with van der Waals surface area (Å²) in [6, 6.07) is 3.35. The zero-order chi connectivity index (χ0) is 13.6. The van der Waals surface area contributed by atoms with E-state index in [1.165, 1.54) is 11.3 Å².